The highest BCUT2D eigenvalue weighted by atomic mass is 16.8. The minimum absolute atomic E-state index is 0.0473. The fourth-order valence-electron chi connectivity index (χ4n) is 10.7. The second-order valence-corrected chi connectivity index (χ2v) is 24.6. The van der Waals surface area contributed by atoms with Crippen molar-refractivity contribution in [2.24, 2.45) is 0 Å². The average molecular weight is 1310 g/mol. The fraction of sp³-hybridized carbons (Fsp3) is 0.651. The van der Waals surface area contributed by atoms with Crippen molar-refractivity contribution in [2.75, 3.05) is 39.6 Å². The van der Waals surface area contributed by atoms with Crippen molar-refractivity contribution in [1.82, 2.24) is 0 Å². The van der Waals surface area contributed by atoms with E-state index < -0.39 is 186 Å². The summed E-state index contributed by atoms with van der Waals surface area (Å²) in [6.45, 7) is 10.1. The average Bonchev–Trinajstić information content (AvgIpc) is 1.51. The number of carbonyl (C=O) groups excluding carboxylic acids is 2. The number of carbonyl (C=O) groups is 2. The van der Waals surface area contributed by atoms with Gasteiger partial charge in [-0.25, -0.2) is 9.59 Å². The summed E-state index contributed by atoms with van der Waals surface area (Å²) in [6, 6.07) is 5.69. The van der Waals surface area contributed by atoms with Gasteiger partial charge in [-0.15, -0.1) is 0 Å². The highest BCUT2D eigenvalue weighted by Crippen LogP contribution is 2.39. The first kappa shape index (κ1) is 74.4. The molecule has 5 saturated heterocycles. The summed E-state index contributed by atoms with van der Waals surface area (Å²) in [4.78, 5) is 28.1. The maximum Gasteiger partial charge on any atom is 0.338 e. The topological polar surface area (TPSA) is 459 Å². The molecular formula is C63H90O29. The Morgan fingerprint density at radius 1 is 0.457 bits per heavy atom. The summed E-state index contributed by atoms with van der Waals surface area (Å²) in [5.41, 5.74) is 4.76. The van der Waals surface area contributed by atoms with Gasteiger partial charge in [0.2, 0.25) is 18.4 Å². The Kier molecular flexibility index (Phi) is 26.4. The quantitative estimate of drug-likeness (QED) is 0.0352. The van der Waals surface area contributed by atoms with Crippen LogP contribution in [0.4, 0.5) is 0 Å². The molecule has 7 rings (SSSR count). The fourth-order valence-corrected chi connectivity index (χ4v) is 10.7. The first-order valence-corrected chi connectivity index (χ1v) is 30.2. The molecule has 0 bridgehead atoms. The molecule has 5 fully saturated rings. The van der Waals surface area contributed by atoms with Crippen molar-refractivity contribution in [3.05, 3.63) is 104 Å². The van der Waals surface area contributed by atoms with Crippen LogP contribution in [0.1, 0.15) is 98.4 Å². The zero-order valence-electron chi connectivity index (χ0n) is 52.4. The largest absolute Gasteiger partial charge is 0.461 e. The zero-order valence-corrected chi connectivity index (χ0v) is 52.4. The summed E-state index contributed by atoms with van der Waals surface area (Å²) in [5, 5.41) is 172. The van der Waals surface area contributed by atoms with Crippen LogP contribution >= 0.6 is 0 Å². The predicted molar refractivity (Wildman–Crippen MR) is 316 cm³/mol. The molecule has 92 heavy (non-hydrogen) atoms. The van der Waals surface area contributed by atoms with Crippen molar-refractivity contribution in [3.8, 4) is 11.5 Å². The number of aliphatic hydroxyl groups excluding tert-OH is 16. The molecule has 16 N–H and O–H groups in total. The number of hydrogen-bond acceptors (Lipinski definition) is 29. The smallest absolute Gasteiger partial charge is 0.338 e. The van der Waals surface area contributed by atoms with Gasteiger partial charge in [0, 0.05) is 0 Å². The Balaban J connectivity index is 1.06. The Morgan fingerprint density at radius 2 is 0.826 bits per heavy atom. The molecule has 0 saturated carbocycles. The molecule has 516 valence electrons. The number of aliphatic hydroxyl groups is 16. The van der Waals surface area contributed by atoms with E-state index in [4.69, 9.17) is 52.1 Å². The normalized spacial score (nSPS) is 35.5. The van der Waals surface area contributed by atoms with E-state index >= 15 is 0 Å². The van der Waals surface area contributed by atoms with Crippen LogP contribution in [0.25, 0.3) is 0 Å². The molecule has 0 aliphatic carbocycles. The van der Waals surface area contributed by atoms with E-state index in [0.717, 1.165) is 22.3 Å². The van der Waals surface area contributed by atoms with Crippen molar-refractivity contribution in [3.63, 3.8) is 0 Å². The second-order valence-electron chi connectivity index (χ2n) is 24.6. The van der Waals surface area contributed by atoms with Gasteiger partial charge in [0.25, 0.3) is 0 Å². The van der Waals surface area contributed by atoms with E-state index in [1.165, 1.54) is 24.3 Å². The highest BCUT2D eigenvalue weighted by Gasteiger charge is 2.59. The van der Waals surface area contributed by atoms with Crippen LogP contribution in [-0.2, 0) is 68.3 Å². The summed E-state index contributed by atoms with van der Waals surface area (Å²) < 4.78 is 63.8. The lowest BCUT2D eigenvalue weighted by atomic mass is 9.97. The van der Waals surface area contributed by atoms with Gasteiger partial charge in [0.05, 0.1) is 30.9 Å². The summed E-state index contributed by atoms with van der Waals surface area (Å²) in [7, 11) is 0. The molecular weight excluding hydrogens is 1220 g/mol. The minimum Gasteiger partial charge on any atom is -0.461 e. The first-order chi connectivity index (χ1) is 43.4. The van der Waals surface area contributed by atoms with Gasteiger partial charge in [-0.05, 0) is 128 Å². The standard InChI is InChI=1S/C63H90O29/c1-27(2)9-13-31-17-35(18-32(14-10-28(3)4)54(31)89-60-51(76)47(72)43(68)38(21-64)86-60)57(80)82-23-39-44(69)49(74)53(78)62(88-39)92-63(26-65)56(79)46(71)41(91-63)25-83-58(81)36-19-33(15-11-29(5)6)55(34(20-36)16-12-30(7)8)90-61-52(77)48(73)45(70)40(87-61)24-85-59-50(75)42(67)37(66)22-84-59/h9-12,17-20,37-53,56,59-62,64-79H,13-16,21-26H2,1-8H3. The Bertz CT molecular complexity index is 2830. The molecule has 5 aliphatic rings. The van der Waals surface area contributed by atoms with Crippen LogP contribution in [0.2, 0.25) is 0 Å². The zero-order chi connectivity index (χ0) is 67.8. The third-order valence-electron chi connectivity index (χ3n) is 16.2. The van der Waals surface area contributed by atoms with Gasteiger partial charge >= 0.3 is 11.9 Å². The van der Waals surface area contributed by atoms with Gasteiger partial charge < -0.3 is 134 Å². The molecule has 5 heterocycles. The van der Waals surface area contributed by atoms with Gasteiger partial charge in [-0.2, -0.15) is 0 Å². The molecule has 23 atom stereocenters. The van der Waals surface area contributed by atoms with Crippen LogP contribution in [0.3, 0.4) is 0 Å². The number of esters is 2. The van der Waals surface area contributed by atoms with Crippen LogP contribution in [0.5, 0.6) is 11.5 Å². The maximum absolute atomic E-state index is 14.1. The van der Waals surface area contributed by atoms with E-state index in [1.807, 2.05) is 67.5 Å². The van der Waals surface area contributed by atoms with E-state index in [9.17, 15) is 91.3 Å². The number of benzene rings is 2. The lowest BCUT2D eigenvalue weighted by Gasteiger charge is -2.43. The highest BCUT2D eigenvalue weighted by molar-refractivity contribution is 5.91. The summed E-state index contributed by atoms with van der Waals surface area (Å²) in [6.07, 6.45) is -30.7. The molecule has 29 heteroatoms. The number of hydrogen-bond donors (Lipinski definition) is 16. The van der Waals surface area contributed by atoms with Crippen LogP contribution in [0, 0.1) is 0 Å². The predicted octanol–water partition coefficient (Wildman–Crippen LogP) is -2.81. The molecule has 0 amide bonds. The molecule has 2 aromatic carbocycles. The molecule has 2 aromatic rings. The molecule has 5 aliphatic heterocycles. The van der Waals surface area contributed by atoms with Crippen molar-refractivity contribution >= 4 is 11.9 Å². The van der Waals surface area contributed by atoms with E-state index in [-0.39, 0.29) is 54.9 Å². The van der Waals surface area contributed by atoms with Crippen molar-refractivity contribution < 1.29 is 143 Å². The van der Waals surface area contributed by atoms with Gasteiger partial charge in [-0.1, -0.05) is 46.6 Å². The summed E-state index contributed by atoms with van der Waals surface area (Å²) in [5.74, 6) is -4.40. The van der Waals surface area contributed by atoms with Crippen LogP contribution < -0.4 is 9.47 Å². The molecule has 29 nitrogen and oxygen atoms in total. The monoisotopic (exact) mass is 1310 g/mol. The molecule has 0 aromatic heterocycles. The lowest BCUT2D eigenvalue weighted by Crippen LogP contribution is -2.62. The van der Waals surface area contributed by atoms with Crippen LogP contribution in [0.15, 0.2) is 70.9 Å². The second kappa shape index (κ2) is 32.6. The van der Waals surface area contributed by atoms with Gasteiger partial charge in [0.1, 0.15) is 141 Å². The molecule has 0 radical (unpaired) electrons. The Hall–Kier alpha value is -4.98. The van der Waals surface area contributed by atoms with Gasteiger partial charge in [-0.3, -0.25) is 0 Å². The lowest BCUT2D eigenvalue weighted by molar-refractivity contribution is -0.383. The molecule has 23 unspecified atom stereocenters. The number of ether oxygens (including phenoxy) is 11. The third kappa shape index (κ3) is 17.7. The third-order valence-corrected chi connectivity index (χ3v) is 16.2. The van der Waals surface area contributed by atoms with E-state index in [0.29, 0.717) is 22.3 Å². The minimum atomic E-state index is -2.67. The molecule has 0 spiro atoms. The SMILES string of the molecule is CC(C)=CCc1cc(C(=O)OCC2OC(OC3(CO)OC(COC(=O)c4cc(CC=C(C)C)c(OC5OC(COC6OCC(O)C(O)C6O)C(O)C(O)C5O)c(CC=C(C)C)c4)C(O)C3O)C(O)C(O)C2O)cc(CC=C(C)C)c1OC1OC(CO)C(O)C(O)C1O. The van der Waals surface area contributed by atoms with Crippen molar-refractivity contribution in [2.45, 2.75) is 222 Å². The number of allylic oxidation sites excluding steroid dienone is 8. The van der Waals surface area contributed by atoms with Gasteiger partial charge in [0.15, 0.2) is 12.6 Å². The maximum atomic E-state index is 14.1. The summed E-state index contributed by atoms with van der Waals surface area (Å²) >= 11 is 0. The Labute approximate surface area is 531 Å². The van der Waals surface area contributed by atoms with E-state index in [2.05, 4.69) is 0 Å². The van der Waals surface area contributed by atoms with Crippen molar-refractivity contribution in [1.29, 1.82) is 0 Å². The van der Waals surface area contributed by atoms with Crippen LogP contribution in [-0.4, -0.2) is 274 Å². The first-order valence-electron chi connectivity index (χ1n) is 30.2. The number of rotatable bonds is 25. The Morgan fingerprint density at radius 3 is 1.24 bits per heavy atom. The van der Waals surface area contributed by atoms with E-state index in [1.54, 1.807) is 12.2 Å².